The average molecular weight is 306 g/mol. The van der Waals surface area contributed by atoms with Crippen LogP contribution in [0.3, 0.4) is 0 Å². The molecule has 0 aliphatic heterocycles. The predicted octanol–water partition coefficient (Wildman–Crippen LogP) is 2.75. The molecular weight excluding hydrogens is 294 g/mol. The van der Waals surface area contributed by atoms with Crippen molar-refractivity contribution in [1.82, 2.24) is 0 Å². The first-order chi connectivity index (χ1) is 10.6. The standard InChI is InChI=1S/C16H12F2O4/c17-13-7-3-1-5-11(13)9-21-15(19)16(20)22-10-12-6-2-4-8-14(12)18/h1-8H,9-10H2. The highest BCUT2D eigenvalue weighted by atomic mass is 19.1. The Morgan fingerprint density at radius 2 is 1.09 bits per heavy atom. The highest BCUT2D eigenvalue weighted by Crippen LogP contribution is 2.09. The summed E-state index contributed by atoms with van der Waals surface area (Å²) >= 11 is 0. The average Bonchev–Trinajstić information content (AvgIpc) is 2.52. The van der Waals surface area contributed by atoms with Crippen LogP contribution in [-0.4, -0.2) is 11.9 Å². The number of carbonyl (C=O) groups excluding carboxylic acids is 2. The molecule has 2 aromatic carbocycles. The number of halogens is 2. The number of benzene rings is 2. The summed E-state index contributed by atoms with van der Waals surface area (Å²) in [6.45, 7) is -0.777. The van der Waals surface area contributed by atoms with E-state index >= 15 is 0 Å². The highest BCUT2D eigenvalue weighted by molar-refractivity contribution is 6.29. The van der Waals surface area contributed by atoms with Gasteiger partial charge in [0.25, 0.3) is 0 Å². The number of rotatable bonds is 4. The summed E-state index contributed by atoms with van der Waals surface area (Å²) in [5.74, 6) is -3.62. The molecular formula is C16H12F2O4. The summed E-state index contributed by atoms with van der Waals surface area (Å²) in [6.07, 6.45) is 0. The zero-order valence-corrected chi connectivity index (χ0v) is 11.4. The minimum atomic E-state index is -1.26. The fourth-order valence-electron chi connectivity index (χ4n) is 1.64. The molecule has 2 aromatic rings. The monoisotopic (exact) mass is 306 g/mol. The van der Waals surface area contributed by atoms with E-state index in [-0.39, 0.29) is 24.3 Å². The van der Waals surface area contributed by atoms with Gasteiger partial charge in [-0.2, -0.15) is 0 Å². The summed E-state index contributed by atoms with van der Waals surface area (Å²) in [6, 6.07) is 11.4. The molecule has 0 saturated carbocycles. The molecule has 0 amide bonds. The topological polar surface area (TPSA) is 52.6 Å². The zero-order chi connectivity index (χ0) is 15.9. The van der Waals surface area contributed by atoms with Crippen LogP contribution in [0.2, 0.25) is 0 Å². The van der Waals surface area contributed by atoms with E-state index in [9.17, 15) is 18.4 Å². The normalized spacial score (nSPS) is 10.1. The zero-order valence-electron chi connectivity index (χ0n) is 11.4. The maximum absolute atomic E-state index is 13.3. The summed E-state index contributed by atoms with van der Waals surface area (Å²) in [5, 5.41) is 0. The lowest BCUT2D eigenvalue weighted by Crippen LogP contribution is -2.20. The van der Waals surface area contributed by atoms with E-state index in [0.717, 1.165) is 0 Å². The molecule has 0 bridgehead atoms. The van der Waals surface area contributed by atoms with Gasteiger partial charge in [-0.05, 0) is 12.1 Å². The number of carbonyl (C=O) groups is 2. The van der Waals surface area contributed by atoms with E-state index in [2.05, 4.69) is 9.47 Å². The number of esters is 2. The van der Waals surface area contributed by atoms with Crippen molar-refractivity contribution in [2.45, 2.75) is 13.2 Å². The van der Waals surface area contributed by atoms with Crippen molar-refractivity contribution in [2.75, 3.05) is 0 Å². The number of hydrogen-bond donors (Lipinski definition) is 0. The molecule has 0 aliphatic rings. The van der Waals surface area contributed by atoms with Crippen LogP contribution in [0.4, 0.5) is 8.78 Å². The maximum Gasteiger partial charge on any atom is 0.417 e. The molecule has 0 atom stereocenters. The fourth-order valence-corrected chi connectivity index (χ4v) is 1.64. The van der Waals surface area contributed by atoms with Gasteiger partial charge in [0.1, 0.15) is 24.8 Å². The molecule has 114 valence electrons. The second-order valence-electron chi connectivity index (χ2n) is 4.34. The van der Waals surface area contributed by atoms with Crippen LogP contribution in [0.5, 0.6) is 0 Å². The first-order valence-electron chi connectivity index (χ1n) is 6.38. The quantitative estimate of drug-likeness (QED) is 0.644. The van der Waals surface area contributed by atoms with E-state index in [0.29, 0.717) is 0 Å². The Morgan fingerprint density at radius 1 is 0.727 bits per heavy atom. The van der Waals surface area contributed by atoms with Crippen molar-refractivity contribution >= 4 is 11.9 Å². The van der Waals surface area contributed by atoms with Crippen molar-refractivity contribution < 1.29 is 27.8 Å². The first-order valence-corrected chi connectivity index (χ1v) is 6.38. The van der Waals surface area contributed by atoms with Crippen LogP contribution < -0.4 is 0 Å². The minimum absolute atomic E-state index is 0.137. The third kappa shape index (κ3) is 4.12. The van der Waals surface area contributed by atoms with Gasteiger partial charge >= 0.3 is 11.9 Å². The number of ether oxygens (including phenoxy) is 2. The van der Waals surface area contributed by atoms with Gasteiger partial charge < -0.3 is 9.47 Å². The second kappa shape index (κ2) is 7.31. The molecule has 0 spiro atoms. The van der Waals surface area contributed by atoms with Gasteiger partial charge in [-0.25, -0.2) is 18.4 Å². The van der Waals surface area contributed by atoms with Crippen molar-refractivity contribution in [3.8, 4) is 0 Å². The molecule has 0 fully saturated rings. The van der Waals surface area contributed by atoms with Gasteiger partial charge in [0.2, 0.25) is 0 Å². The smallest absolute Gasteiger partial charge is 0.417 e. The van der Waals surface area contributed by atoms with Gasteiger partial charge in [0, 0.05) is 11.1 Å². The molecule has 2 rings (SSSR count). The Hall–Kier alpha value is -2.76. The molecule has 4 nitrogen and oxygen atoms in total. The Kier molecular flexibility index (Phi) is 5.19. The molecule has 0 radical (unpaired) electrons. The van der Waals surface area contributed by atoms with E-state index < -0.39 is 23.6 Å². The molecule has 0 unspecified atom stereocenters. The summed E-state index contributed by atoms with van der Waals surface area (Å²) in [7, 11) is 0. The van der Waals surface area contributed by atoms with Gasteiger partial charge in [-0.15, -0.1) is 0 Å². The van der Waals surface area contributed by atoms with Crippen LogP contribution in [0.15, 0.2) is 48.5 Å². The van der Waals surface area contributed by atoms with Gasteiger partial charge in [0.15, 0.2) is 0 Å². The third-order valence-corrected chi connectivity index (χ3v) is 2.80. The summed E-state index contributed by atoms with van der Waals surface area (Å²) in [5.41, 5.74) is 0.274. The molecule has 0 N–H and O–H groups in total. The van der Waals surface area contributed by atoms with E-state index in [1.807, 2.05) is 0 Å². The first kappa shape index (κ1) is 15.6. The van der Waals surface area contributed by atoms with Crippen LogP contribution in [0, 0.1) is 11.6 Å². The SMILES string of the molecule is O=C(OCc1ccccc1F)C(=O)OCc1ccccc1F. The summed E-state index contributed by atoms with van der Waals surface area (Å²) < 4.78 is 35.9. The van der Waals surface area contributed by atoms with E-state index in [4.69, 9.17) is 0 Å². The third-order valence-electron chi connectivity index (χ3n) is 2.80. The molecule has 0 heterocycles. The van der Waals surface area contributed by atoms with Crippen LogP contribution in [-0.2, 0) is 32.3 Å². The van der Waals surface area contributed by atoms with E-state index in [1.54, 1.807) is 12.1 Å². The van der Waals surface area contributed by atoms with Crippen molar-refractivity contribution in [1.29, 1.82) is 0 Å². The largest absolute Gasteiger partial charge is 0.452 e. The van der Waals surface area contributed by atoms with Crippen molar-refractivity contribution in [3.63, 3.8) is 0 Å². The maximum atomic E-state index is 13.3. The lowest BCUT2D eigenvalue weighted by atomic mass is 10.2. The lowest BCUT2D eigenvalue weighted by molar-refractivity contribution is -0.169. The summed E-state index contributed by atoms with van der Waals surface area (Å²) in [4.78, 5) is 22.8. The highest BCUT2D eigenvalue weighted by Gasteiger charge is 2.18. The van der Waals surface area contributed by atoms with Crippen molar-refractivity contribution in [2.24, 2.45) is 0 Å². The van der Waals surface area contributed by atoms with Crippen LogP contribution >= 0.6 is 0 Å². The van der Waals surface area contributed by atoms with Crippen LogP contribution in [0.1, 0.15) is 11.1 Å². The predicted molar refractivity (Wildman–Crippen MR) is 72.4 cm³/mol. The van der Waals surface area contributed by atoms with Gasteiger partial charge in [0.05, 0.1) is 0 Å². The van der Waals surface area contributed by atoms with E-state index in [1.165, 1.54) is 36.4 Å². The Bertz CT molecular complexity index is 626. The fraction of sp³-hybridized carbons (Fsp3) is 0.125. The van der Waals surface area contributed by atoms with Crippen LogP contribution in [0.25, 0.3) is 0 Å². The second-order valence-corrected chi connectivity index (χ2v) is 4.34. The van der Waals surface area contributed by atoms with Crippen molar-refractivity contribution in [3.05, 3.63) is 71.3 Å². The molecule has 0 saturated heterocycles. The van der Waals surface area contributed by atoms with Gasteiger partial charge in [-0.3, -0.25) is 0 Å². The molecule has 6 heteroatoms. The molecule has 0 aromatic heterocycles. The Labute approximate surface area is 125 Å². The lowest BCUT2D eigenvalue weighted by Gasteiger charge is -2.07. The minimum Gasteiger partial charge on any atom is -0.452 e. The number of hydrogen-bond acceptors (Lipinski definition) is 4. The Morgan fingerprint density at radius 3 is 1.45 bits per heavy atom. The molecule has 22 heavy (non-hydrogen) atoms. The van der Waals surface area contributed by atoms with Gasteiger partial charge in [-0.1, -0.05) is 36.4 Å². The Balaban J connectivity index is 1.84. The molecule has 0 aliphatic carbocycles.